The highest BCUT2D eigenvalue weighted by Gasteiger charge is 2.04. The zero-order valence-corrected chi connectivity index (χ0v) is 11.1. The van der Waals surface area contributed by atoms with Crippen LogP contribution in [0.5, 0.6) is 0 Å². The van der Waals surface area contributed by atoms with Gasteiger partial charge in [-0.15, -0.1) is 0 Å². The van der Waals surface area contributed by atoms with Crippen LogP contribution in [-0.4, -0.2) is 0 Å². The van der Waals surface area contributed by atoms with E-state index in [0.717, 1.165) is 23.2 Å². The molecule has 0 aliphatic carbocycles. The van der Waals surface area contributed by atoms with Gasteiger partial charge in [-0.05, 0) is 35.9 Å². The molecule has 2 aromatic carbocycles. The predicted octanol–water partition coefficient (Wildman–Crippen LogP) is 4.13. The lowest BCUT2D eigenvalue weighted by atomic mass is 9.99. The summed E-state index contributed by atoms with van der Waals surface area (Å²) < 4.78 is 0. The van der Waals surface area contributed by atoms with E-state index in [1.165, 1.54) is 36.6 Å². The van der Waals surface area contributed by atoms with Crippen LogP contribution in [-0.2, 0) is 6.42 Å². The zero-order valence-electron chi connectivity index (χ0n) is 11.1. The van der Waals surface area contributed by atoms with Crippen LogP contribution >= 0.6 is 0 Å². The standard InChI is InChI=1S/C16H22N2/c1-2-3-4-5-6-13-8-7-12-9-10-14(17)11-15(12)16(13)18/h7-11H,2-6,17-18H2,1H3. The summed E-state index contributed by atoms with van der Waals surface area (Å²) in [7, 11) is 0. The van der Waals surface area contributed by atoms with Crippen LogP contribution in [0.4, 0.5) is 11.4 Å². The van der Waals surface area contributed by atoms with Crippen LogP contribution in [0.25, 0.3) is 10.8 Å². The van der Waals surface area contributed by atoms with Crippen molar-refractivity contribution in [1.82, 2.24) is 0 Å². The summed E-state index contributed by atoms with van der Waals surface area (Å²) in [5, 5.41) is 2.25. The summed E-state index contributed by atoms with van der Waals surface area (Å²) in [5.41, 5.74) is 15.0. The number of nitrogen functional groups attached to an aromatic ring is 2. The molecule has 0 atom stereocenters. The molecule has 0 unspecified atom stereocenters. The fourth-order valence-corrected chi connectivity index (χ4v) is 2.37. The van der Waals surface area contributed by atoms with Gasteiger partial charge in [-0.1, -0.05) is 44.4 Å². The van der Waals surface area contributed by atoms with E-state index < -0.39 is 0 Å². The Morgan fingerprint density at radius 3 is 2.50 bits per heavy atom. The third-order valence-electron chi connectivity index (χ3n) is 3.48. The van der Waals surface area contributed by atoms with E-state index >= 15 is 0 Å². The number of nitrogens with two attached hydrogens (primary N) is 2. The van der Waals surface area contributed by atoms with Crippen molar-refractivity contribution in [3.63, 3.8) is 0 Å². The Morgan fingerprint density at radius 2 is 1.72 bits per heavy atom. The van der Waals surface area contributed by atoms with E-state index in [9.17, 15) is 0 Å². The third kappa shape index (κ3) is 2.76. The molecule has 0 fully saturated rings. The molecule has 2 heteroatoms. The normalized spacial score (nSPS) is 10.9. The van der Waals surface area contributed by atoms with Crippen molar-refractivity contribution in [2.75, 3.05) is 11.5 Å². The first-order valence-corrected chi connectivity index (χ1v) is 6.79. The number of aryl methyl sites for hydroxylation is 1. The summed E-state index contributed by atoms with van der Waals surface area (Å²) in [6, 6.07) is 10.2. The second-order valence-corrected chi connectivity index (χ2v) is 4.93. The Morgan fingerprint density at radius 1 is 0.944 bits per heavy atom. The van der Waals surface area contributed by atoms with Crippen LogP contribution in [0.1, 0.15) is 38.2 Å². The SMILES string of the molecule is CCCCCCc1ccc2ccc(N)cc2c1N. The van der Waals surface area contributed by atoms with Crippen molar-refractivity contribution < 1.29 is 0 Å². The topological polar surface area (TPSA) is 52.0 Å². The lowest BCUT2D eigenvalue weighted by Gasteiger charge is -2.09. The fraction of sp³-hybridized carbons (Fsp3) is 0.375. The summed E-state index contributed by atoms with van der Waals surface area (Å²) in [6.07, 6.45) is 6.14. The van der Waals surface area contributed by atoms with E-state index in [1.807, 2.05) is 18.2 Å². The van der Waals surface area contributed by atoms with Gasteiger partial charge in [0, 0.05) is 16.8 Å². The summed E-state index contributed by atoms with van der Waals surface area (Å²) in [4.78, 5) is 0. The quantitative estimate of drug-likeness (QED) is 0.612. The van der Waals surface area contributed by atoms with Crippen molar-refractivity contribution in [1.29, 1.82) is 0 Å². The summed E-state index contributed by atoms with van der Waals surface area (Å²) in [5.74, 6) is 0. The van der Waals surface area contributed by atoms with Crippen molar-refractivity contribution in [3.05, 3.63) is 35.9 Å². The molecule has 96 valence electrons. The minimum Gasteiger partial charge on any atom is -0.399 e. The number of anilines is 2. The molecule has 4 N–H and O–H groups in total. The number of rotatable bonds is 5. The molecular weight excluding hydrogens is 220 g/mol. The first kappa shape index (κ1) is 12.7. The van der Waals surface area contributed by atoms with Crippen LogP contribution < -0.4 is 11.5 Å². The molecular formula is C16H22N2. The largest absolute Gasteiger partial charge is 0.399 e. The van der Waals surface area contributed by atoms with Crippen LogP contribution in [0.15, 0.2) is 30.3 Å². The average molecular weight is 242 g/mol. The van der Waals surface area contributed by atoms with Crippen LogP contribution in [0, 0.1) is 0 Å². The second-order valence-electron chi connectivity index (χ2n) is 4.93. The molecule has 0 spiro atoms. The molecule has 2 aromatic rings. The smallest absolute Gasteiger partial charge is 0.0427 e. The highest BCUT2D eigenvalue weighted by atomic mass is 14.6. The molecule has 0 radical (unpaired) electrons. The molecule has 0 aliphatic rings. The molecule has 0 bridgehead atoms. The molecule has 0 aliphatic heterocycles. The van der Waals surface area contributed by atoms with Crippen molar-refractivity contribution >= 4 is 22.1 Å². The van der Waals surface area contributed by atoms with Gasteiger partial charge in [0.25, 0.3) is 0 Å². The van der Waals surface area contributed by atoms with Gasteiger partial charge in [-0.2, -0.15) is 0 Å². The highest BCUT2D eigenvalue weighted by molar-refractivity contribution is 5.96. The Bertz CT molecular complexity index is 532. The lowest BCUT2D eigenvalue weighted by Crippen LogP contribution is -1.97. The molecule has 0 saturated carbocycles. The average Bonchev–Trinajstić information content (AvgIpc) is 2.38. The van der Waals surface area contributed by atoms with Gasteiger partial charge in [0.1, 0.15) is 0 Å². The van der Waals surface area contributed by atoms with E-state index in [2.05, 4.69) is 19.1 Å². The summed E-state index contributed by atoms with van der Waals surface area (Å²) in [6.45, 7) is 2.23. The monoisotopic (exact) mass is 242 g/mol. The van der Waals surface area contributed by atoms with Crippen LogP contribution in [0.3, 0.4) is 0 Å². The maximum Gasteiger partial charge on any atom is 0.0427 e. The highest BCUT2D eigenvalue weighted by Crippen LogP contribution is 2.27. The predicted molar refractivity (Wildman–Crippen MR) is 80.6 cm³/mol. The number of hydrogen-bond acceptors (Lipinski definition) is 2. The molecule has 2 nitrogen and oxygen atoms in total. The Balaban J connectivity index is 2.21. The number of unbranched alkanes of at least 4 members (excludes halogenated alkanes) is 3. The number of fused-ring (bicyclic) bond motifs is 1. The minimum absolute atomic E-state index is 0.775. The van der Waals surface area contributed by atoms with E-state index in [1.54, 1.807) is 0 Å². The Labute approximate surface area is 109 Å². The molecule has 18 heavy (non-hydrogen) atoms. The van der Waals surface area contributed by atoms with E-state index in [4.69, 9.17) is 11.5 Å². The minimum atomic E-state index is 0.775. The maximum absolute atomic E-state index is 6.25. The number of benzene rings is 2. The molecule has 2 rings (SSSR count). The Kier molecular flexibility index (Phi) is 4.08. The number of hydrogen-bond donors (Lipinski definition) is 2. The Hall–Kier alpha value is -1.70. The third-order valence-corrected chi connectivity index (χ3v) is 3.48. The molecule has 0 amide bonds. The van der Waals surface area contributed by atoms with E-state index in [0.29, 0.717) is 0 Å². The van der Waals surface area contributed by atoms with E-state index in [-0.39, 0.29) is 0 Å². The molecule has 0 heterocycles. The summed E-state index contributed by atoms with van der Waals surface area (Å²) >= 11 is 0. The van der Waals surface area contributed by atoms with Gasteiger partial charge in [-0.3, -0.25) is 0 Å². The van der Waals surface area contributed by atoms with Gasteiger partial charge < -0.3 is 11.5 Å². The fourth-order valence-electron chi connectivity index (χ4n) is 2.37. The van der Waals surface area contributed by atoms with Gasteiger partial charge in [-0.25, -0.2) is 0 Å². The van der Waals surface area contributed by atoms with Crippen LogP contribution in [0.2, 0.25) is 0 Å². The lowest BCUT2D eigenvalue weighted by molar-refractivity contribution is 0.667. The maximum atomic E-state index is 6.25. The van der Waals surface area contributed by atoms with Gasteiger partial charge in [0.2, 0.25) is 0 Å². The first-order chi connectivity index (χ1) is 8.72. The second kappa shape index (κ2) is 5.76. The van der Waals surface area contributed by atoms with Crippen molar-refractivity contribution in [3.8, 4) is 0 Å². The van der Waals surface area contributed by atoms with Gasteiger partial charge in [0.05, 0.1) is 0 Å². The van der Waals surface area contributed by atoms with Crippen molar-refractivity contribution in [2.24, 2.45) is 0 Å². The molecule has 0 saturated heterocycles. The zero-order chi connectivity index (χ0) is 13.0. The van der Waals surface area contributed by atoms with Gasteiger partial charge in [0.15, 0.2) is 0 Å². The molecule has 0 aromatic heterocycles. The van der Waals surface area contributed by atoms with Gasteiger partial charge >= 0.3 is 0 Å². The first-order valence-electron chi connectivity index (χ1n) is 6.79. The van der Waals surface area contributed by atoms with Crippen molar-refractivity contribution in [2.45, 2.75) is 39.0 Å².